The summed E-state index contributed by atoms with van der Waals surface area (Å²) in [5, 5.41) is 0. The van der Waals surface area contributed by atoms with Crippen molar-refractivity contribution in [1.82, 2.24) is 4.98 Å². The second kappa shape index (κ2) is 6.30. The zero-order chi connectivity index (χ0) is 14.8. The lowest BCUT2D eigenvalue weighted by Crippen LogP contribution is -2.42. The van der Waals surface area contributed by atoms with Crippen molar-refractivity contribution >= 4 is 21.7 Å². The topological polar surface area (TPSA) is 42.1 Å². The Labute approximate surface area is 124 Å². The van der Waals surface area contributed by atoms with E-state index in [9.17, 15) is 13.2 Å². The van der Waals surface area contributed by atoms with Crippen LogP contribution in [-0.2, 0) is 6.18 Å². The number of nitrogens with two attached hydrogens (primary N) is 1. The Hall–Kier alpha value is -0.820. The van der Waals surface area contributed by atoms with Crippen LogP contribution < -0.4 is 10.6 Å². The van der Waals surface area contributed by atoms with Crippen LogP contribution in [0.5, 0.6) is 0 Å². The number of hydrogen-bond acceptors (Lipinski definition) is 3. The summed E-state index contributed by atoms with van der Waals surface area (Å²) in [7, 11) is 0. The molecule has 1 aromatic heterocycles. The van der Waals surface area contributed by atoms with Gasteiger partial charge in [0.15, 0.2) is 0 Å². The molecule has 0 aromatic carbocycles. The summed E-state index contributed by atoms with van der Waals surface area (Å²) in [6, 6.07) is 1.14. The van der Waals surface area contributed by atoms with E-state index in [1.807, 2.05) is 0 Å². The number of piperidine rings is 1. The number of halogens is 4. The van der Waals surface area contributed by atoms with Gasteiger partial charge in [-0.2, -0.15) is 13.2 Å². The fourth-order valence-electron chi connectivity index (χ4n) is 2.64. The molecule has 1 unspecified atom stereocenters. The summed E-state index contributed by atoms with van der Waals surface area (Å²) in [6.07, 6.45) is 0.478. The van der Waals surface area contributed by atoms with Gasteiger partial charge in [-0.3, -0.25) is 0 Å². The van der Waals surface area contributed by atoms with Gasteiger partial charge in [0, 0.05) is 23.3 Å². The molecule has 2 heterocycles. The minimum atomic E-state index is -4.41. The van der Waals surface area contributed by atoms with E-state index in [1.54, 1.807) is 4.90 Å². The van der Waals surface area contributed by atoms with Crippen molar-refractivity contribution in [2.24, 2.45) is 5.73 Å². The zero-order valence-corrected chi connectivity index (χ0v) is 12.5. The maximum Gasteiger partial charge on any atom is 0.419 e. The molecule has 2 N–H and O–H groups in total. The fraction of sp³-hybridized carbons (Fsp3) is 0.615. The van der Waals surface area contributed by atoms with Gasteiger partial charge in [-0.1, -0.05) is 0 Å². The Balaban J connectivity index is 2.39. The van der Waals surface area contributed by atoms with Crippen molar-refractivity contribution in [1.29, 1.82) is 0 Å². The van der Waals surface area contributed by atoms with Crippen molar-refractivity contribution in [2.45, 2.75) is 37.9 Å². The first-order valence-electron chi connectivity index (χ1n) is 6.63. The fourth-order valence-corrected chi connectivity index (χ4v) is 2.97. The molecule has 1 atom stereocenters. The Kier molecular flexibility index (Phi) is 4.90. The van der Waals surface area contributed by atoms with E-state index in [0.29, 0.717) is 24.0 Å². The SMILES string of the molecule is NCCC1CCCCN1c1ncc(Br)cc1C(F)(F)F. The Morgan fingerprint density at radius 1 is 1.40 bits per heavy atom. The predicted octanol–water partition coefficient (Wildman–Crippen LogP) is 3.57. The highest BCUT2D eigenvalue weighted by Crippen LogP contribution is 2.39. The van der Waals surface area contributed by atoms with Crippen LogP contribution in [0.15, 0.2) is 16.7 Å². The Morgan fingerprint density at radius 2 is 2.15 bits per heavy atom. The molecule has 0 amide bonds. The van der Waals surface area contributed by atoms with Gasteiger partial charge in [-0.05, 0) is 54.2 Å². The third kappa shape index (κ3) is 3.44. The first-order chi connectivity index (χ1) is 9.43. The maximum atomic E-state index is 13.2. The molecule has 3 nitrogen and oxygen atoms in total. The number of nitrogens with zero attached hydrogens (tertiary/aromatic N) is 2. The number of pyridine rings is 1. The monoisotopic (exact) mass is 351 g/mol. The number of hydrogen-bond donors (Lipinski definition) is 1. The van der Waals surface area contributed by atoms with E-state index in [4.69, 9.17) is 5.73 Å². The quantitative estimate of drug-likeness (QED) is 0.904. The lowest BCUT2D eigenvalue weighted by molar-refractivity contribution is -0.137. The summed E-state index contributed by atoms with van der Waals surface area (Å²) < 4.78 is 39.9. The van der Waals surface area contributed by atoms with Crippen molar-refractivity contribution in [3.63, 3.8) is 0 Å². The van der Waals surface area contributed by atoms with Gasteiger partial charge < -0.3 is 10.6 Å². The third-order valence-electron chi connectivity index (χ3n) is 3.54. The highest BCUT2D eigenvalue weighted by Gasteiger charge is 2.37. The smallest absolute Gasteiger partial charge is 0.353 e. The maximum absolute atomic E-state index is 13.2. The third-order valence-corrected chi connectivity index (χ3v) is 3.97. The van der Waals surface area contributed by atoms with Crippen LogP contribution in [0.4, 0.5) is 19.0 Å². The number of alkyl halides is 3. The molecule has 0 radical (unpaired) electrons. The molecule has 1 aliphatic heterocycles. The molecule has 1 fully saturated rings. The van der Waals surface area contributed by atoms with Gasteiger partial charge in [-0.15, -0.1) is 0 Å². The molecular formula is C13H17BrF3N3. The van der Waals surface area contributed by atoms with Gasteiger partial charge in [0.25, 0.3) is 0 Å². The molecule has 112 valence electrons. The van der Waals surface area contributed by atoms with Crippen molar-refractivity contribution in [2.75, 3.05) is 18.0 Å². The molecule has 2 rings (SSSR count). The molecule has 1 aliphatic rings. The lowest BCUT2D eigenvalue weighted by Gasteiger charge is -2.37. The average molecular weight is 352 g/mol. The second-order valence-electron chi connectivity index (χ2n) is 4.94. The highest BCUT2D eigenvalue weighted by molar-refractivity contribution is 9.10. The van der Waals surface area contributed by atoms with E-state index >= 15 is 0 Å². The van der Waals surface area contributed by atoms with E-state index < -0.39 is 11.7 Å². The Morgan fingerprint density at radius 3 is 2.80 bits per heavy atom. The minimum Gasteiger partial charge on any atom is -0.353 e. The van der Waals surface area contributed by atoms with Crippen LogP contribution in [0.25, 0.3) is 0 Å². The molecule has 0 spiro atoms. The molecule has 1 saturated heterocycles. The van der Waals surface area contributed by atoms with Crippen LogP contribution in [0.2, 0.25) is 0 Å². The van der Waals surface area contributed by atoms with E-state index in [0.717, 1.165) is 25.3 Å². The summed E-state index contributed by atoms with van der Waals surface area (Å²) in [5.41, 5.74) is 4.89. The van der Waals surface area contributed by atoms with Gasteiger partial charge in [0.1, 0.15) is 5.82 Å². The summed E-state index contributed by atoms with van der Waals surface area (Å²) in [5.74, 6) is 0.0267. The molecule has 0 bridgehead atoms. The molecule has 20 heavy (non-hydrogen) atoms. The van der Waals surface area contributed by atoms with Crippen molar-refractivity contribution in [3.05, 3.63) is 22.3 Å². The normalized spacial score (nSPS) is 20.2. The van der Waals surface area contributed by atoms with Crippen LogP contribution in [0.1, 0.15) is 31.2 Å². The molecular weight excluding hydrogens is 335 g/mol. The second-order valence-corrected chi connectivity index (χ2v) is 5.86. The van der Waals surface area contributed by atoms with E-state index in [1.165, 1.54) is 6.20 Å². The standard InChI is InChI=1S/C13H17BrF3N3/c14-9-7-11(13(15,16)17)12(19-8-9)20-6-2-1-3-10(20)4-5-18/h7-8,10H,1-6,18H2. The first kappa shape index (κ1) is 15.6. The van der Waals surface area contributed by atoms with E-state index in [-0.39, 0.29) is 11.9 Å². The summed E-state index contributed by atoms with van der Waals surface area (Å²) >= 11 is 3.06. The van der Waals surface area contributed by atoms with Crippen LogP contribution in [0, 0.1) is 0 Å². The number of rotatable bonds is 3. The Bertz CT molecular complexity index is 463. The molecule has 7 heteroatoms. The average Bonchev–Trinajstić information content (AvgIpc) is 2.39. The molecule has 1 aromatic rings. The largest absolute Gasteiger partial charge is 0.419 e. The van der Waals surface area contributed by atoms with Gasteiger partial charge in [0.2, 0.25) is 0 Å². The summed E-state index contributed by atoms with van der Waals surface area (Å²) in [4.78, 5) is 5.79. The number of aromatic nitrogens is 1. The van der Waals surface area contributed by atoms with Crippen LogP contribution >= 0.6 is 15.9 Å². The summed E-state index contributed by atoms with van der Waals surface area (Å²) in [6.45, 7) is 1.07. The van der Waals surface area contributed by atoms with E-state index in [2.05, 4.69) is 20.9 Å². The molecule has 0 aliphatic carbocycles. The molecule has 0 saturated carbocycles. The first-order valence-corrected chi connectivity index (χ1v) is 7.42. The van der Waals surface area contributed by atoms with Gasteiger partial charge >= 0.3 is 6.18 Å². The van der Waals surface area contributed by atoms with Crippen LogP contribution in [-0.4, -0.2) is 24.1 Å². The van der Waals surface area contributed by atoms with Crippen molar-refractivity contribution < 1.29 is 13.2 Å². The van der Waals surface area contributed by atoms with Crippen LogP contribution in [0.3, 0.4) is 0 Å². The van der Waals surface area contributed by atoms with Gasteiger partial charge in [0.05, 0.1) is 5.56 Å². The van der Waals surface area contributed by atoms with Gasteiger partial charge in [-0.25, -0.2) is 4.98 Å². The highest BCUT2D eigenvalue weighted by atomic mass is 79.9. The predicted molar refractivity (Wildman–Crippen MR) is 75.6 cm³/mol. The van der Waals surface area contributed by atoms with Crippen molar-refractivity contribution in [3.8, 4) is 0 Å². The minimum absolute atomic E-state index is 0.0267. The zero-order valence-electron chi connectivity index (χ0n) is 11.0. The number of anilines is 1. The lowest BCUT2D eigenvalue weighted by atomic mass is 9.98.